The van der Waals surface area contributed by atoms with Crippen molar-refractivity contribution in [1.82, 2.24) is 4.90 Å². The molecule has 0 spiro atoms. The zero-order chi connectivity index (χ0) is 12.3. The van der Waals surface area contributed by atoms with Crippen molar-refractivity contribution in [3.05, 3.63) is 20.8 Å². The van der Waals surface area contributed by atoms with Crippen molar-refractivity contribution in [2.45, 2.75) is 19.4 Å². The van der Waals surface area contributed by atoms with Gasteiger partial charge in [0, 0.05) is 24.9 Å². The fraction of sp³-hybridized carbons (Fsp3) is 0.400. The molecular weight excluding hydrogens is 308 g/mol. The lowest BCUT2D eigenvalue weighted by molar-refractivity contribution is 0.0748. The van der Waals surface area contributed by atoms with E-state index in [0.29, 0.717) is 17.0 Å². The molecule has 0 fully saturated rings. The van der Waals surface area contributed by atoms with Gasteiger partial charge in [-0.2, -0.15) is 0 Å². The van der Waals surface area contributed by atoms with Crippen LogP contribution in [-0.2, 0) is 0 Å². The van der Waals surface area contributed by atoms with Crippen LogP contribution in [0, 0.1) is 0 Å². The summed E-state index contributed by atoms with van der Waals surface area (Å²) in [5.74, 6) is -0.00861. The second kappa shape index (κ2) is 5.75. The molecule has 6 heteroatoms. The Kier molecular flexibility index (Phi) is 4.89. The number of hydrogen-bond donors (Lipinski definition) is 1. The number of thiophene rings is 1. The second-order valence-electron chi connectivity index (χ2n) is 3.58. The minimum atomic E-state index is -0.00861. The molecular formula is C10H13BrN2OS2. The van der Waals surface area contributed by atoms with Crippen LogP contribution in [0.3, 0.4) is 0 Å². The Morgan fingerprint density at radius 1 is 1.75 bits per heavy atom. The summed E-state index contributed by atoms with van der Waals surface area (Å²) in [5.41, 5.74) is 6.15. The number of carbonyl (C=O) groups is 1. The molecule has 0 radical (unpaired) electrons. The number of amides is 1. The molecule has 1 heterocycles. The summed E-state index contributed by atoms with van der Waals surface area (Å²) in [7, 11) is 1.76. The molecule has 88 valence electrons. The van der Waals surface area contributed by atoms with Gasteiger partial charge in [0.05, 0.1) is 14.3 Å². The maximum absolute atomic E-state index is 12.0. The summed E-state index contributed by atoms with van der Waals surface area (Å²) in [5, 5.41) is 1.83. The van der Waals surface area contributed by atoms with Crippen molar-refractivity contribution in [3.8, 4) is 0 Å². The van der Waals surface area contributed by atoms with Gasteiger partial charge in [0.15, 0.2) is 0 Å². The van der Waals surface area contributed by atoms with Gasteiger partial charge >= 0.3 is 0 Å². The molecule has 1 atom stereocenters. The van der Waals surface area contributed by atoms with Crippen LogP contribution < -0.4 is 5.73 Å². The third-order valence-electron chi connectivity index (χ3n) is 2.29. The normalized spacial score (nSPS) is 12.2. The van der Waals surface area contributed by atoms with Crippen LogP contribution in [0.15, 0.2) is 15.2 Å². The Hall–Kier alpha value is -0.460. The van der Waals surface area contributed by atoms with Gasteiger partial charge in [0.1, 0.15) is 0 Å². The first kappa shape index (κ1) is 13.6. The Morgan fingerprint density at radius 2 is 2.38 bits per heavy atom. The minimum absolute atomic E-state index is 0.00861. The fourth-order valence-electron chi connectivity index (χ4n) is 1.25. The van der Waals surface area contributed by atoms with Crippen molar-refractivity contribution in [1.29, 1.82) is 0 Å². The highest BCUT2D eigenvalue weighted by atomic mass is 79.9. The first-order chi connectivity index (χ1) is 7.41. The van der Waals surface area contributed by atoms with E-state index in [9.17, 15) is 4.79 Å². The van der Waals surface area contributed by atoms with Crippen molar-refractivity contribution in [2.75, 3.05) is 7.05 Å². The average molecular weight is 321 g/mol. The van der Waals surface area contributed by atoms with Crippen LogP contribution >= 0.6 is 39.5 Å². The first-order valence-corrected chi connectivity index (χ1v) is 6.79. The van der Waals surface area contributed by atoms with Crippen molar-refractivity contribution < 1.29 is 4.79 Å². The quantitative estimate of drug-likeness (QED) is 0.867. The van der Waals surface area contributed by atoms with Crippen LogP contribution in [0.4, 0.5) is 0 Å². The lowest BCUT2D eigenvalue weighted by atomic mass is 10.2. The van der Waals surface area contributed by atoms with E-state index in [1.807, 2.05) is 18.4 Å². The lowest BCUT2D eigenvalue weighted by Gasteiger charge is -2.24. The van der Waals surface area contributed by atoms with Crippen molar-refractivity contribution >= 4 is 50.4 Å². The predicted octanol–water partition coefficient (Wildman–Crippen LogP) is 2.65. The summed E-state index contributed by atoms with van der Waals surface area (Å²) < 4.78 is 0.950. The Bertz CT molecular complexity index is 405. The maximum Gasteiger partial charge on any atom is 0.254 e. The molecule has 3 nitrogen and oxygen atoms in total. The molecule has 2 N–H and O–H groups in total. The largest absolute Gasteiger partial charge is 0.393 e. The van der Waals surface area contributed by atoms with E-state index < -0.39 is 0 Å². The fourth-order valence-corrected chi connectivity index (χ4v) is 2.63. The molecule has 1 rings (SSSR count). The summed E-state index contributed by atoms with van der Waals surface area (Å²) in [6.07, 6.45) is 0.545. The highest BCUT2D eigenvalue weighted by Crippen LogP contribution is 2.22. The Balaban J connectivity index is 2.70. The van der Waals surface area contributed by atoms with Crippen molar-refractivity contribution in [3.63, 3.8) is 0 Å². The molecule has 1 aromatic rings. The van der Waals surface area contributed by atoms with Gasteiger partial charge in [-0.25, -0.2) is 0 Å². The second-order valence-corrected chi connectivity index (χ2v) is 6.39. The number of rotatable bonds is 4. The van der Waals surface area contributed by atoms with Gasteiger partial charge in [-0.3, -0.25) is 4.79 Å². The summed E-state index contributed by atoms with van der Waals surface area (Å²) in [6.45, 7) is 1.93. The van der Waals surface area contributed by atoms with E-state index in [1.54, 1.807) is 11.9 Å². The number of halogens is 1. The van der Waals surface area contributed by atoms with E-state index in [2.05, 4.69) is 15.9 Å². The molecule has 0 saturated carbocycles. The highest BCUT2D eigenvalue weighted by Gasteiger charge is 2.18. The zero-order valence-corrected chi connectivity index (χ0v) is 12.3. The summed E-state index contributed by atoms with van der Waals surface area (Å²) >= 11 is 9.66. The van der Waals surface area contributed by atoms with E-state index >= 15 is 0 Å². The van der Waals surface area contributed by atoms with Gasteiger partial charge in [-0.15, -0.1) is 11.3 Å². The van der Waals surface area contributed by atoms with Crippen LogP contribution in [0.2, 0.25) is 0 Å². The minimum Gasteiger partial charge on any atom is -0.393 e. The number of nitrogens with zero attached hydrogens (tertiary/aromatic N) is 1. The summed E-state index contributed by atoms with van der Waals surface area (Å²) in [6, 6.07) is 1.83. The Labute approximate surface area is 113 Å². The van der Waals surface area contributed by atoms with Gasteiger partial charge in [-0.05, 0) is 28.9 Å². The molecule has 0 bridgehead atoms. The predicted molar refractivity (Wildman–Crippen MR) is 75.0 cm³/mol. The van der Waals surface area contributed by atoms with E-state index in [-0.39, 0.29) is 11.9 Å². The molecule has 1 unspecified atom stereocenters. The smallest absolute Gasteiger partial charge is 0.254 e. The molecule has 1 amide bonds. The SMILES string of the molecule is CC(CC(N)=S)N(C)C(=O)c1csc(Br)c1. The Morgan fingerprint density at radius 3 is 2.81 bits per heavy atom. The number of thiocarbonyl (C=S) groups is 1. The molecule has 16 heavy (non-hydrogen) atoms. The van der Waals surface area contributed by atoms with Crippen LogP contribution in [0.5, 0.6) is 0 Å². The van der Waals surface area contributed by atoms with Gasteiger partial charge in [0.25, 0.3) is 5.91 Å². The van der Waals surface area contributed by atoms with Gasteiger partial charge in [-0.1, -0.05) is 12.2 Å². The van der Waals surface area contributed by atoms with E-state index in [4.69, 9.17) is 18.0 Å². The molecule has 0 aromatic carbocycles. The average Bonchev–Trinajstić information content (AvgIpc) is 2.61. The highest BCUT2D eigenvalue weighted by molar-refractivity contribution is 9.11. The number of hydrogen-bond acceptors (Lipinski definition) is 3. The molecule has 0 aliphatic heterocycles. The van der Waals surface area contributed by atoms with Crippen molar-refractivity contribution in [2.24, 2.45) is 5.73 Å². The molecule has 0 aliphatic carbocycles. The van der Waals surface area contributed by atoms with Crippen LogP contribution in [-0.4, -0.2) is 28.9 Å². The lowest BCUT2D eigenvalue weighted by Crippen LogP contribution is -2.37. The van der Waals surface area contributed by atoms with Gasteiger partial charge in [0.2, 0.25) is 0 Å². The monoisotopic (exact) mass is 320 g/mol. The zero-order valence-electron chi connectivity index (χ0n) is 9.07. The van der Waals surface area contributed by atoms with Crippen LogP contribution in [0.1, 0.15) is 23.7 Å². The molecule has 0 saturated heterocycles. The molecule has 1 aromatic heterocycles. The maximum atomic E-state index is 12.0. The molecule has 0 aliphatic rings. The standard InChI is InChI=1S/C10H13BrN2OS2/c1-6(3-9(12)15)13(2)10(14)7-4-8(11)16-5-7/h4-6H,3H2,1-2H3,(H2,12,15). The van der Waals surface area contributed by atoms with Crippen LogP contribution in [0.25, 0.3) is 0 Å². The third kappa shape index (κ3) is 3.54. The summed E-state index contributed by atoms with van der Waals surface area (Å²) in [4.78, 5) is 14.1. The topological polar surface area (TPSA) is 46.3 Å². The number of nitrogens with two attached hydrogens (primary N) is 1. The van der Waals surface area contributed by atoms with Gasteiger partial charge < -0.3 is 10.6 Å². The first-order valence-electron chi connectivity index (χ1n) is 4.71. The third-order valence-corrected chi connectivity index (χ3v) is 3.96. The van der Waals surface area contributed by atoms with E-state index in [0.717, 1.165) is 3.79 Å². The number of carbonyl (C=O) groups excluding carboxylic acids is 1. The van der Waals surface area contributed by atoms with E-state index in [1.165, 1.54) is 11.3 Å².